The van der Waals surface area contributed by atoms with Gasteiger partial charge in [0.1, 0.15) is 5.82 Å². The summed E-state index contributed by atoms with van der Waals surface area (Å²) in [5.41, 5.74) is 2.03. The first kappa shape index (κ1) is 14.8. The largest absolute Gasteiger partial charge is 0.330 e. The quantitative estimate of drug-likeness (QED) is 0.709. The van der Waals surface area contributed by atoms with Crippen molar-refractivity contribution in [3.8, 4) is 0 Å². The number of hydrogen-bond acceptors (Lipinski definition) is 1. The van der Waals surface area contributed by atoms with Crippen molar-refractivity contribution in [1.82, 2.24) is 0 Å². The summed E-state index contributed by atoms with van der Waals surface area (Å²) >= 11 is 0. The minimum Gasteiger partial charge on any atom is -0.307 e. The number of nitrogens with one attached hydrogen (secondary N) is 1. The van der Waals surface area contributed by atoms with Gasteiger partial charge >= 0.3 is 6.03 Å². The average Bonchev–Trinajstić information content (AvgIpc) is 2.59. The molecule has 4 heteroatoms. The maximum Gasteiger partial charge on any atom is 0.330 e. The zero-order valence-corrected chi connectivity index (χ0v) is 12.3. The van der Waals surface area contributed by atoms with Gasteiger partial charge in [0.25, 0.3) is 0 Å². The molecule has 3 rings (SSSR count). The van der Waals surface area contributed by atoms with Crippen LogP contribution in [-0.2, 0) is 0 Å². The lowest BCUT2D eigenvalue weighted by molar-refractivity contribution is 0.259. The number of carbonyl (C=O) groups excluding carboxylic acids is 1. The van der Waals surface area contributed by atoms with Gasteiger partial charge in [-0.1, -0.05) is 36.4 Å². The molecule has 1 N–H and O–H groups in total. The Morgan fingerprint density at radius 3 is 1.70 bits per heavy atom. The summed E-state index contributed by atoms with van der Waals surface area (Å²) in [4.78, 5) is 14.3. The molecule has 0 saturated carbocycles. The summed E-state index contributed by atoms with van der Waals surface area (Å²) in [5, 5.41) is 2.79. The van der Waals surface area contributed by atoms with Gasteiger partial charge in [0.05, 0.1) is 11.4 Å². The highest BCUT2D eigenvalue weighted by Crippen LogP contribution is 2.26. The van der Waals surface area contributed by atoms with E-state index in [0.29, 0.717) is 5.69 Å². The van der Waals surface area contributed by atoms with Crippen LogP contribution in [0.25, 0.3) is 0 Å². The lowest BCUT2D eigenvalue weighted by Crippen LogP contribution is -2.30. The fourth-order valence-corrected chi connectivity index (χ4v) is 2.25. The van der Waals surface area contributed by atoms with Crippen LogP contribution in [0.5, 0.6) is 0 Å². The molecule has 0 radical (unpaired) electrons. The molecule has 0 aliphatic heterocycles. The Labute approximate surface area is 134 Å². The van der Waals surface area contributed by atoms with Gasteiger partial charge in [0, 0.05) is 5.69 Å². The highest BCUT2D eigenvalue weighted by atomic mass is 19.1. The Hall–Kier alpha value is -3.14. The van der Waals surface area contributed by atoms with Crippen LogP contribution in [0, 0.1) is 5.82 Å². The van der Waals surface area contributed by atoms with Crippen LogP contribution < -0.4 is 10.2 Å². The molecular formula is C19H15FN2O. The number of urea groups is 1. The second-order valence-corrected chi connectivity index (χ2v) is 4.94. The molecule has 0 heterocycles. The fraction of sp³-hybridized carbons (Fsp3) is 0. The van der Waals surface area contributed by atoms with Crippen LogP contribution in [0.2, 0.25) is 0 Å². The number of amides is 2. The van der Waals surface area contributed by atoms with Crippen LogP contribution in [0.1, 0.15) is 0 Å². The Morgan fingerprint density at radius 2 is 1.22 bits per heavy atom. The van der Waals surface area contributed by atoms with Gasteiger partial charge in [0.2, 0.25) is 0 Å². The van der Waals surface area contributed by atoms with Gasteiger partial charge < -0.3 is 5.32 Å². The molecule has 0 spiro atoms. The molecule has 0 aliphatic rings. The van der Waals surface area contributed by atoms with Crippen molar-refractivity contribution in [2.24, 2.45) is 0 Å². The Morgan fingerprint density at radius 1 is 0.739 bits per heavy atom. The number of halogens is 1. The standard InChI is InChI=1S/C19H15FN2O/c20-15-11-13-16(14-12-15)21-19(23)22(17-7-3-1-4-8-17)18-9-5-2-6-10-18/h1-14H,(H,21,23). The van der Waals surface area contributed by atoms with Gasteiger partial charge in [-0.15, -0.1) is 0 Å². The highest BCUT2D eigenvalue weighted by molar-refractivity contribution is 6.07. The van der Waals surface area contributed by atoms with E-state index < -0.39 is 0 Å². The van der Waals surface area contributed by atoms with Crippen LogP contribution >= 0.6 is 0 Å². The topological polar surface area (TPSA) is 32.3 Å². The lowest BCUT2D eigenvalue weighted by atomic mass is 10.2. The second kappa shape index (κ2) is 6.75. The first-order valence-electron chi connectivity index (χ1n) is 7.21. The molecule has 3 aromatic carbocycles. The van der Waals surface area contributed by atoms with E-state index in [1.807, 2.05) is 60.7 Å². The van der Waals surface area contributed by atoms with Crippen molar-refractivity contribution in [3.05, 3.63) is 90.7 Å². The molecule has 0 aliphatic carbocycles. The number of anilines is 3. The van der Waals surface area contributed by atoms with Crippen molar-refractivity contribution in [1.29, 1.82) is 0 Å². The number of para-hydroxylation sites is 2. The van der Waals surface area contributed by atoms with Crippen LogP contribution in [0.15, 0.2) is 84.9 Å². The third-order valence-electron chi connectivity index (χ3n) is 3.33. The Balaban J connectivity index is 1.92. The van der Waals surface area contributed by atoms with Gasteiger partial charge in [-0.25, -0.2) is 9.18 Å². The molecule has 0 fully saturated rings. The normalized spacial score (nSPS) is 10.1. The monoisotopic (exact) mass is 306 g/mol. The molecule has 0 bridgehead atoms. The van der Waals surface area contributed by atoms with E-state index in [-0.39, 0.29) is 11.8 Å². The van der Waals surface area contributed by atoms with E-state index in [0.717, 1.165) is 11.4 Å². The number of hydrogen-bond donors (Lipinski definition) is 1. The van der Waals surface area contributed by atoms with Gasteiger partial charge in [-0.05, 0) is 48.5 Å². The first-order chi connectivity index (χ1) is 11.2. The van der Waals surface area contributed by atoms with Gasteiger partial charge in [-0.3, -0.25) is 4.90 Å². The van der Waals surface area contributed by atoms with E-state index in [1.54, 1.807) is 4.90 Å². The number of carbonyl (C=O) groups is 1. The van der Waals surface area contributed by atoms with E-state index in [1.165, 1.54) is 24.3 Å². The molecule has 114 valence electrons. The molecule has 3 nitrogen and oxygen atoms in total. The first-order valence-corrected chi connectivity index (χ1v) is 7.21. The minimum atomic E-state index is -0.342. The number of benzene rings is 3. The zero-order valence-electron chi connectivity index (χ0n) is 12.3. The predicted octanol–water partition coefficient (Wildman–Crippen LogP) is 5.20. The Bertz CT molecular complexity index is 734. The molecule has 0 aromatic heterocycles. The Kier molecular flexibility index (Phi) is 4.34. The van der Waals surface area contributed by atoms with E-state index >= 15 is 0 Å². The van der Waals surface area contributed by atoms with Crippen LogP contribution in [0.4, 0.5) is 26.2 Å². The third kappa shape index (κ3) is 3.55. The third-order valence-corrected chi connectivity index (χ3v) is 3.33. The molecule has 0 unspecified atom stereocenters. The van der Waals surface area contributed by atoms with Crippen molar-refractivity contribution in [2.75, 3.05) is 10.2 Å². The summed E-state index contributed by atoms with van der Waals surface area (Å²) in [6.07, 6.45) is 0. The van der Waals surface area contributed by atoms with E-state index in [2.05, 4.69) is 5.32 Å². The predicted molar refractivity (Wildman–Crippen MR) is 90.4 cm³/mol. The minimum absolute atomic E-state index is 0.311. The van der Waals surface area contributed by atoms with E-state index in [4.69, 9.17) is 0 Å². The molecule has 3 aromatic rings. The summed E-state index contributed by atoms with van der Waals surface area (Å²) in [6, 6.07) is 24.1. The fourth-order valence-electron chi connectivity index (χ4n) is 2.25. The number of nitrogens with zero attached hydrogens (tertiary/aromatic N) is 1. The summed E-state index contributed by atoms with van der Waals surface area (Å²) in [7, 11) is 0. The van der Waals surface area contributed by atoms with Crippen molar-refractivity contribution >= 4 is 23.1 Å². The van der Waals surface area contributed by atoms with E-state index in [9.17, 15) is 9.18 Å². The summed E-state index contributed by atoms with van der Waals surface area (Å²) < 4.78 is 13.0. The molecule has 2 amide bonds. The SMILES string of the molecule is O=C(Nc1ccc(F)cc1)N(c1ccccc1)c1ccccc1. The van der Waals surface area contributed by atoms with Crippen molar-refractivity contribution in [2.45, 2.75) is 0 Å². The smallest absolute Gasteiger partial charge is 0.307 e. The maximum atomic E-state index is 13.0. The highest BCUT2D eigenvalue weighted by Gasteiger charge is 2.17. The van der Waals surface area contributed by atoms with Gasteiger partial charge in [-0.2, -0.15) is 0 Å². The zero-order chi connectivity index (χ0) is 16.1. The average molecular weight is 306 g/mol. The molecule has 0 atom stereocenters. The van der Waals surface area contributed by atoms with Crippen LogP contribution in [0.3, 0.4) is 0 Å². The number of rotatable bonds is 3. The summed E-state index contributed by atoms with van der Waals surface area (Å²) in [5.74, 6) is -0.342. The molecular weight excluding hydrogens is 291 g/mol. The maximum absolute atomic E-state index is 13.0. The second-order valence-electron chi connectivity index (χ2n) is 4.94. The van der Waals surface area contributed by atoms with Gasteiger partial charge in [0.15, 0.2) is 0 Å². The molecule has 23 heavy (non-hydrogen) atoms. The van der Waals surface area contributed by atoms with Crippen LogP contribution in [-0.4, -0.2) is 6.03 Å². The lowest BCUT2D eigenvalue weighted by Gasteiger charge is -2.23. The van der Waals surface area contributed by atoms with Crippen molar-refractivity contribution in [3.63, 3.8) is 0 Å². The molecule has 0 saturated heterocycles. The van der Waals surface area contributed by atoms with Crippen molar-refractivity contribution < 1.29 is 9.18 Å². The summed E-state index contributed by atoms with van der Waals surface area (Å²) in [6.45, 7) is 0.